The number of hydrogen-bond acceptors (Lipinski definition) is 6. The average Bonchev–Trinajstić information content (AvgIpc) is 2.76. The van der Waals surface area contributed by atoms with Crippen LogP contribution in [0.5, 0.6) is 0 Å². The summed E-state index contributed by atoms with van der Waals surface area (Å²) in [6.07, 6.45) is 0.606. The molecule has 0 aliphatic carbocycles. The van der Waals surface area contributed by atoms with Crippen LogP contribution in [0.25, 0.3) is 0 Å². The van der Waals surface area contributed by atoms with E-state index < -0.39 is 23.1 Å². The van der Waals surface area contributed by atoms with E-state index in [2.05, 4.69) is 4.99 Å². The van der Waals surface area contributed by atoms with Gasteiger partial charge in [0.05, 0.1) is 30.0 Å². The van der Waals surface area contributed by atoms with E-state index in [0.29, 0.717) is 17.7 Å². The molecule has 1 aliphatic rings. The summed E-state index contributed by atoms with van der Waals surface area (Å²) in [6.45, 7) is 7.83. The molecule has 1 unspecified atom stereocenters. The van der Waals surface area contributed by atoms with Crippen LogP contribution in [-0.2, 0) is 29.1 Å². The first-order chi connectivity index (χ1) is 11.6. The van der Waals surface area contributed by atoms with E-state index in [1.807, 2.05) is 13.8 Å². The SMILES string of the molecule is CCOP(=O)(CCC1(C)C(C)=Nc2ccc(S(=O)(=O)O)cc21)OCC.[KH]. The molecular formula is C16H25KNO6PS. The maximum atomic E-state index is 12.7. The zero-order valence-corrected chi connectivity index (χ0v) is 16.6. The molecule has 2 rings (SSSR count). The molecule has 0 aromatic heterocycles. The molecule has 142 valence electrons. The van der Waals surface area contributed by atoms with Gasteiger partial charge in [-0.1, -0.05) is 6.92 Å². The molecular weight excluding hydrogens is 404 g/mol. The van der Waals surface area contributed by atoms with Crippen molar-refractivity contribution in [1.82, 2.24) is 0 Å². The molecule has 0 saturated heterocycles. The number of rotatable bonds is 8. The van der Waals surface area contributed by atoms with Crippen molar-refractivity contribution in [3.63, 3.8) is 0 Å². The van der Waals surface area contributed by atoms with Gasteiger partial charge in [-0.25, -0.2) is 0 Å². The predicted molar refractivity (Wildman–Crippen MR) is 104 cm³/mol. The number of fused-ring (bicyclic) bond motifs is 1. The van der Waals surface area contributed by atoms with Crippen molar-refractivity contribution in [3.8, 4) is 0 Å². The zero-order valence-electron chi connectivity index (χ0n) is 14.9. The average molecular weight is 430 g/mol. The summed E-state index contributed by atoms with van der Waals surface area (Å²) in [7, 11) is -7.53. The number of hydrogen-bond donors (Lipinski definition) is 1. The van der Waals surface area contributed by atoms with Gasteiger partial charge in [0.2, 0.25) is 0 Å². The van der Waals surface area contributed by atoms with Crippen LogP contribution in [0, 0.1) is 0 Å². The Bertz CT molecular complexity index is 831. The van der Waals surface area contributed by atoms with Crippen LogP contribution in [0.1, 0.15) is 39.7 Å². The van der Waals surface area contributed by atoms with Gasteiger partial charge in [-0.2, -0.15) is 8.42 Å². The molecule has 1 heterocycles. The summed E-state index contributed by atoms with van der Waals surface area (Å²) in [5.41, 5.74) is 1.50. The minimum atomic E-state index is -4.31. The van der Waals surface area contributed by atoms with Crippen LogP contribution < -0.4 is 0 Å². The van der Waals surface area contributed by atoms with E-state index in [1.54, 1.807) is 19.9 Å². The first-order valence-corrected chi connectivity index (χ1v) is 11.3. The Morgan fingerprint density at radius 2 is 1.81 bits per heavy atom. The first kappa shape index (κ1) is 24.6. The number of benzene rings is 1. The molecule has 7 nitrogen and oxygen atoms in total. The van der Waals surface area contributed by atoms with Crippen LogP contribution in [-0.4, -0.2) is 89.4 Å². The van der Waals surface area contributed by atoms with Crippen LogP contribution >= 0.6 is 7.60 Å². The quantitative estimate of drug-likeness (QED) is 0.386. The Morgan fingerprint density at radius 1 is 1.23 bits per heavy atom. The van der Waals surface area contributed by atoms with Gasteiger partial charge in [-0.05, 0) is 51.0 Å². The summed E-state index contributed by atoms with van der Waals surface area (Å²) in [6, 6.07) is 4.32. The van der Waals surface area contributed by atoms with Crippen molar-refractivity contribution in [2.75, 3.05) is 19.4 Å². The molecule has 26 heavy (non-hydrogen) atoms. The summed E-state index contributed by atoms with van der Waals surface area (Å²) >= 11 is 0. The molecule has 1 atom stereocenters. The van der Waals surface area contributed by atoms with Gasteiger partial charge in [-0.15, -0.1) is 0 Å². The molecule has 1 aromatic carbocycles. The molecule has 0 bridgehead atoms. The molecule has 0 amide bonds. The number of nitrogens with zero attached hydrogens (tertiary/aromatic N) is 1. The fourth-order valence-electron chi connectivity index (χ4n) is 2.95. The van der Waals surface area contributed by atoms with Crippen molar-refractivity contribution >= 4 is 80.5 Å². The van der Waals surface area contributed by atoms with E-state index >= 15 is 0 Å². The van der Waals surface area contributed by atoms with Gasteiger partial charge in [-0.3, -0.25) is 14.1 Å². The maximum absolute atomic E-state index is 12.7. The first-order valence-electron chi connectivity index (χ1n) is 8.11. The predicted octanol–water partition coefficient (Wildman–Crippen LogP) is 3.30. The molecule has 0 saturated carbocycles. The zero-order chi connectivity index (χ0) is 18.9. The van der Waals surface area contributed by atoms with Gasteiger partial charge in [0.25, 0.3) is 10.1 Å². The van der Waals surface area contributed by atoms with Gasteiger partial charge in [0.1, 0.15) is 0 Å². The molecule has 1 aliphatic heterocycles. The van der Waals surface area contributed by atoms with Crippen LogP contribution in [0.4, 0.5) is 5.69 Å². The van der Waals surface area contributed by atoms with Gasteiger partial charge >= 0.3 is 59.0 Å². The topological polar surface area (TPSA) is 102 Å². The van der Waals surface area contributed by atoms with Gasteiger partial charge in [0, 0.05) is 11.1 Å². The second kappa shape index (κ2) is 9.39. The van der Waals surface area contributed by atoms with Crippen LogP contribution in [0.3, 0.4) is 0 Å². The third-order valence-corrected chi connectivity index (χ3v) is 7.41. The van der Waals surface area contributed by atoms with Crippen molar-refractivity contribution < 1.29 is 26.6 Å². The molecule has 10 heteroatoms. The second-order valence-corrected chi connectivity index (χ2v) is 9.71. The normalized spacial score (nSPS) is 19.7. The molecule has 1 aromatic rings. The van der Waals surface area contributed by atoms with Gasteiger partial charge < -0.3 is 9.05 Å². The van der Waals surface area contributed by atoms with Crippen molar-refractivity contribution in [1.29, 1.82) is 0 Å². The Hall–Kier alpha value is 0.586. The van der Waals surface area contributed by atoms with Crippen LogP contribution in [0.15, 0.2) is 28.1 Å². The Kier molecular flexibility index (Phi) is 8.89. The van der Waals surface area contributed by atoms with E-state index in [0.717, 1.165) is 5.71 Å². The molecule has 0 spiro atoms. The Labute approximate surface area is 197 Å². The summed E-state index contributed by atoms with van der Waals surface area (Å²) in [4.78, 5) is 4.31. The fourth-order valence-corrected chi connectivity index (χ4v) is 5.30. The third kappa shape index (κ3) is 5.35. The van der Waals surface area contributed by atoms with E-state index in [1.165, 1.54) is 12.1 Å². The summed E-state index contributed by atoms with van der Waals surface area (Å²) < 4.78 is 55.6. The monoisotopic (exact) mass is 429 g/mol. The van der Waals surface area contributed by atoms with E-state index in [4.69, 9.17) is 9.05 Å². The van der Waals surface area contributed by atoms with Crippen molar-refractivity contribution in [2.45, 2.75) is 44.4 Å². The Balaban J connectivity index is 0.00000338. The summed E-state index contributed by atoms with van der Waals surface area (Å²) in [5.74, 6) is 0. The van der Waals surface area contributed by atoms with Gasteiger partial charge in [0.15, 0.2) is 0 Å². The Morgan fingerprint density at radius 3 is 2.31 bits per heavy atom. The standard InChI is InChI=1S/C16H24NO6PS.K.H/c1-5-22-24(18,23-6-2)10-9-16(4)12(3)17-15-8-7-13(11-14(15)16)25(19,20)21;;/h7-8,11H,5-6,9-10H2,1-4H3,(H,19,20,21);;. The van der Waals surface area contributed by atoms with E-state index in [9.17, 15) is 17.5 Å². The fraction of sp³-hybridized carbons (Fsp3) is 0.562. The van der Waals surface area contributed by atoms with Crippen molar-refractivity contribution in [3.05, 3.63) is 23.8 Å². The second-order valence-electron chi connectivity index (χ2n) is 6.10. The van der Waals surface area contributed by atoms with Crippen molar-refractivity contribution in [2.24, 2.45) is 4.99 Å². The van der Waals surface area contributed by atoms with Crippen LogP contribution in [0.2, 0.25) is 0 Å². The number of aliphatic imine (C=N–C) groups is 1. The molecule has 1 N–H and O–H groups in total. The molecule has 0 radical (unpaired) electrons. The molecule has 0 fully saturated rings. The summed E-state index contributed by atoms with van der Waals surface area (Å²) in [5, 5.41) is 0. The minimum absolute atomic E-state index is 0. The van der Waals surface area contributed by atoms with E-state index in [-0.39, 0.29) is 75.7 Å². The third-order valence-electron chi connectivity index (χ3n) is 4.48.